The molecule has 1 unspecified atom stereocenters. The molecule has 0 heterocycles. The Morgan fingerprint density at radius 3 is 2.37 bits per heavy atom. The molecule has 4 heteroatoms. The van der Waals surface area contributed by atoms with Gasteiger partial charge in [0, 0.05) is 25.3 Å². The first-order valence-electron chi connectivity index (χ1n) is 6.91. The standard InChI is InChI=1S/C15H23F2NO/c1-3-6-19-7-5-15(18-4-2)10-12-8-13(16)11-14(17)9-12/h8-9,11,15,18H,3-7,10H2,1-2H3. The Balaban J connectivity index is 2.51. The first-order valence-corrected chi connectivity index (χ1v) is 6.91. The third-order valence-corrected chi connectivity index (χ3v) is 2.86. The van der Waals surface area contributed by atoms with Gasteiger partial charge in [-0.3, -0.25) is 0 Å². The van der Waals surface area contributed by atoms with Gasteiger partial charge in [-0.05, 0) is 43.5 Å². The molecular weight excluding hydrogens is 248 g/mol. The largest absolute Gasteiger partial charge is 0.381 e. The Morgan fingerprint density at radius 1 is 1.11 bits per heavy atom. The first-order chi connectivity index (χ1) is 9.15. The van der Waals surface area contributed by atoms with Crippen molar-refractivity contribution >= 4 is 0 Å². The Morgan fingerprint density at radius 2 is 1.79 bits per heavy atom. The van der Waals surface area contributed by atoms with Crippen LogP contribution in [0, 0.1) is 11.6 Å². The van der Waals surface area contributed by atoms with Crippen molar-refractivity contribution in [2.45, 2.75) is 39.2 Å². The number of likely N-dealkylation sites (N-methyl/N-ethyl adjacent to an activating group) is 1. The van der Waals surface area contributed by atoms with Crippen LogP contribution >= 0.6 is 0 Å². The minimum Gasteiger partial charge on any atom is -0.381 e. The summed E-state index contributed by atoms with van der Waals surface area (Å²) in [5.74, 6) is -1.04. The molecule has 108 valence electrons. The molecule has 1 atom stereocenters. The molecule has 0 fully saturated rings. The Kier molecular flexibility index (Phi) is 7.60. The van der Waals surface area contributed by atoms with Gasteiger partial charge >= 0.3 is 0 Å². The van der Waals surface area contributed by atoms with Crippen molar-refractivity contribution in [1.29, 1.82) is 0 Å². The van der Waals surface area contributed by atoms with Crippen molar-refractivity contribution < 1.29 is 13.5 Å². The molecule has 0 spiro atoms. The SMILES string of the molecule is CCCOCCC(Cc1cc(F)cc(F)c1)NCC. The Hall–Kier alpha value is -1.00. The fraction of sp³-hybridized carbons (Fsp3) is 0.600. The molecule has 0 aliphatic rings. The van der Waals surface area contributed by atoms with Crippen molar-refractivity contribution in [3.63, 3.8) is 0 Å². The molecule has 0 amide bonds. The predicted molar refractivity (Wildman–Crippen MR) is 73.3 cm³/mol. The maximum atomic E-state index is 13.1. The number of halogens is 2. The van der Waals surface area contributed by atoms with E-state index in [4.69, 9.17) is 4.74 Å². The van der Waals surface area contributed by atoms with Gasteiger partial charge in [-0.1, -0.05) is 13.8 Å². The molecule has 0 aliphatic carbocycles. The number of rotatable bonds is 9. The number of benzene rings is 1. The van der Waals surface area contributed by atoms with E-state index in [1.54, 1.807) is 0 Å². The molecular formula is C15H23F2NO. The molecule has 0 saturated carbocycles. The highest BCUT2D eigenvalue weighted by Gasteiger charge is 2.10. The summed E-state index contributed by atoms with van der Waals surface area (Å²) in [6.45, 7) is 6.34. The fourth-order valence-corrected chi connectivity index (χ4v) is 2.05. The minimum atomic E-state index is -0.521. The van der Waals surface area contributed by atoms with Crippen LogP contribution in [0.25, 0.3) is 0 Å². The molecule has 0 aliphatic heterocycles. The summed E-state index contributed by atoms with van der Waals surface area (Å²) >= 11 is 0. The van der Waals surface area contributed by atoms with Crippen molar-refractivity contribution in [2.75, 3.05) is 19.8 Å². The monoisotopic (exact) mass is 271 g/mol. The van der Waals surface area contributed by atoms with Crippen LogP contribution in [0.5, 0.6) is 0 Å². The van der Waals surface area contributed by atoms with Gasteiger partial charge in [0.15, 0.2) is 0 Å². The fourth-order valence-electron chi connectivity index (χ4n) is 2.05. The van der Waals surface area contributed by atoms with Crippen molar-refractivity contribution in [3.05, 3.63) is 35.4 Å². The molecule has 1 aromatic rings. The van der Waals surface area contributed by atoms with E-state index in [0.717, 1.165) is 32.1 Å². The minimum absolute atomic E-state index is 0.183. The van der Waals surface area contributed by atoms with Gasteiger partial charge in [0.2, 0.25) is 0 Å². The van der Waals surface area contributed by atoms with Gasteiger partial charge in [0.1, 0.15) is 11.6 Å². The van der Waals surface area contributed by atoms with Gasteiger partial charge in [-0.25, -0.2) is 8.78 Å². The number of hydrogen-bond donors (Lipinski definition) is 1. The molecule has 0 radical (unpaired) electrons. The van der Waals surface area contributed by atoms with E-state index >= 15 is 0 Å². The summed E-state index contributed by atoms with van der Waals surface area (Å²) in [6.07, 6.45) is 2.45. The van der Waals surface area contributed by atoms with Crippen molar-refractivity contribution in [2.24, 2.45) is 0 Å². The van der Waals surface area contributed by atoms with Crippen LogP contribution < -0.4 is 5.32 Å². The van der Waals surface area contributed by atoms with Gasteiger partial charge in [-0.15, -0.1) is 0 Å². The molecule has 1 N–H and O–H groups in total. The van der Waals surface area contributed by atoms with Crippen LogP contribution in [0.2, 0.25) is 0 Å². The lowest BCUT2D eigenvalue weighted by molar-refractivity contribution is 0.124. The Labute approximate surface area is 114 Å². The van der Waals surface area contributed by atoms with E-state index in [9.17, 15) is 8.78 Å². The average Bonchev–Trinajstić information content (AvgIpc) is 2.33. The van der Waals surface area contributed by atoms with E-state index in [1.165, 1.54) is 12.1 Å². The van der Waals surface area contributed by atoms with Gasteiger partial charge in [0.25, 0.3) is 0 Å². The number of nitrogens with one attached hydrogen (secondary N) is 1. The molecule has 0 bridgehead atoms. The van der Waals surface area contributed by atoms with Crippen molar-refractivity contribution in [3.8, 4) is 0 Å². The molecule has 0 saturated heterocycles. The summed E-state index contributed by atoms with van der Waals surface area (Å²) in [6, 6.07) is 3.86. The summed E-state index contributed by atoms with van der Waals surface area (Å²) in [5.41, 5.74) is 0.680. The third kappa shape index (κ3) is 6.64. The summed E-state index contributed by atoms with van der Waals surface area (Å²) in [7, 11) is 0. The summed E-state index contributed by atoms with van der Waals surface area (Å²) in [5, 5.41) is 3.32. The average molecular weight is 271 g/mol. The van der Waals surface area contributed by atoms with Crippen LogP contribution in [-0.4, -0.2) is 25.8 Å². The molecule has 19 heavy (non-hydrogen) atoms. The Bertz CT molecular complexity index is 351. The molecule has 1 rings (SSSR count). The zero-order valence-electron chi connectivity index (χ0n) is 11.7. The van der Waals surface area contributed by atoms with Crippen molar-refractivity contribution in [1.82, 2.24) is 5.32 Å². The van der Waals surface area contributed by atoms with Gasteiger partial charge in [0.05, 0.1) is 0 Å². The lowest BCUT2D eigenvalue weighted by atomic mass is 10.0. The zero-order chi connectivity index (χ0) is 14.1. The lowest BCUT2D eigenvalue weighted by Crippen LogP contribution is -2.32. The normalized spacial score (nSPS) is 12.6. The van der Waals surface area contributed by atoms with Gasteiger partial charge in [-0.2, -0.15) is 0 Å². The second-order valence-electron chi connectivity index (χ2n) is 4.64. The number of hydrogen-bond acceptors (Lipinski definition) is 2. The van der Waals surface area contributed by atoms with Crippen LogP contribution in [0.15, 0.2) is 18.2 Å². The predicted octanol–water partition coefficient (Wildman–Crippen LogP) is 3.30. The second-order valence-corrected chi connectivity index (χ2v) is 4.64. The summed E-state index contributed by atoms with van der Waals surface area (Å²) < 4.78 is 31.7. The highest BCUT2D eigenvalue weighted by Crippen LogP contribution is 2.11. The summed E-state index contributed by atoms with van der Waals surface area (Å²) in [4.78, 5) is 0. The molecule has 2 nitrogen and oxygen atoms in total. The van der Waals surface area contributed by atoms with E-state index in [2.05, 4.69) is 12.2 Å². The van der Waals surface area contributed by atoms with Crippen LogP contribution in [0.4, 0.5) is 8.78 Å². The van der Waals surface area contributed by atoms with E-state index in [1.807, 2.05) is 6.92 Å². The van der Waals surface area contributed by atoms with Gasteiger partial charge < -0.3 is 10.1 Å². The van der Waals surface area contributed by atoms with Crippen LogP contribution in [0.1, 0.15) is 32.3 Å². The first kappa shape index (κ1) is 16.1. The van der Waals surface area contributed by atoms with Crippen LogP contribution in [-0.2, 0) is 11.2 Å². The lowest BCUT2D eigenvalue weighted by Gasteiger charge is -2.18. The molecule has 1 aromatic carbocycles. The topological polar surface area (TPSA) is 21.3 Å². The highest BCUT2D eigenvalue weighted by atomic mass is 19.1. The van der Waals surface area contributed by atoms with E-state index < -0.39 is 11.6 Å². The van der Waals surface area contributed by atoms with E-state index in [0.29, 0.717) is 18.6 Å². The van der Waals surface area contributed by atoms with Crippen LogP contribution in [0.3, 0.4) is 0 Å². The highest BCUT2D eigenvalue weighted by molar-refractivity contribution is 5.18. The maximum Gasteiger partial charge on any atom is 0.126 e. The zero-order valence-corrected chi connectivity index (χ0v) is 11.7. The smallest absolute Gasteiger partial charge is 0.126 e. The third-order valence-electron chi connectivity index (χ3n) is 2.86. The number of ether oxygens (including phenoxy) is 1. The van der Waals surface area contributed by atoms with E-state index in [-0.39, 0.29) is 6.04 Å². The quantitative estimate of drug-likeness (QED) is 0.696. The maximum absolute atomic E-state index is 13.1. The molecule has 0 aromatic heterocycles. The second kappa shape index (κ2) is 8.99.